The summed E-state index contributed by atoms with van der Waals surface area (Å²) < 4.78 is 7.61. The lowest BCUT2D eigenvalue weighted by Crippen LogP contribution is -2.52. The van der Waals surface area contributed by atoms with Crippen LogP contribution < -0.4 is 5.32 Å². The Kier molecular flexibility index (Phi) is 6.49. The lowest BCUT2D eigenvalue weighted by molar-refractivity contribution is -0.162. The highest BCUT2D eigenvalue weighted by atomic mass is 16.5. The highest BCUT2D eigenvalue weighted by Crippen LogP contribution is 2.30. The number of rotatable bonds is 6. The van der Waals surface area contributed by atoms with E-state index in [4.69, 9.17) is 10.00 Å². The number of carbonyl (C=O) groups is 2. The first kappa shape index (κ1) is 22.2. The topological polar surface area (TPSA) is 120 Å². The summed E-state index contributed by atoms with van der Waals surface area (Å²) in [4.78, 5) is 30.9. The number of aryl methyl sites for hydroxylation is 1. The first-order chi connectivity index (χ1) is 16.0. The molecule has 0 aliphatic carbocycles. The van der Waals surface area contributed by atoms with Gasteiger partial charge in [-0.2, -0.15) is 5.26 Å². The van der Waals surface area contributed by atoms with Crippen molar-refractivity contribution in [1.29, 1.82) is 5.26 Å². The van der Waals surface area contributed by atoms with Crippen LogP contribution in [0.25, 0.3) is 0 Å². The molecule has 1 aliphatic heterocycles. The summed E-state index contributed by atoms with van der Waals surface area (Å²) in [5, 5.41) is 21.9. The normalized spacial score (nSPS) is 18.1. The van der Waals surface area contributed by atoms with Crippen molar-refractivity contribution in [3.8, 4) is 6.07 Å². The minimum Gasteiger partial charge on any atom is -0.394 e. The van der Waals surface area contributed by atoms with Gasteiger partial charge in [0.25, 0.3) is 5.91 Å². The van der Waals surface area contributed by atoms with E-state index in [-0.39, 0.29) is 31.6 Å². The van der Waals surface area contributed by atoms with Gasteiger partial charge in [-0.3, -0.25) is 9.59 Å². The van der Waals surface area contributed by atoms with Crippen LogP contribution in [0.2, 0.25) is 0 Å². The molecule has 0 unspecified atom stereocenters. The molecular weight excluding hydrogens is 422 g/mol. The first-order valence-corrected chi connectivity index (χ1v) is 10.4. The largest absolute Gasteiger partial charge is 0.394 e. The average molecular weight is 445 g/mol. The number of aliphatic hydroxyl groups excluding tert-OH is 1. The molecule has 33 heavy (non-hydrogen) atoms. The average Bonchev–Trinajstić information content (AvgIpc) is 3.25. The van der Waals surface area contributed by atoms with Crippen LogP contribution in [0.3, 0.4) is 0 Å². The zero-order valence-corrected chi connectivity index (χ0v) is 18.0. The number of benzene rings is 2. The first-order valence-electron chi connectivity index (χ1n) is 10.4. The number of nitriles is 1. The molecule has 1 aliphatic rings. The van der Waals surface area contributed by atoms with Crippen LogP contribution >= 0.6 is 0 Å². The van der Waals surface area contributed by atoms with Gasteiger partial charge in [-0.1, -0.05) is 18.2 Å². The molecule has 2 aromatic carbocycles. The summed E-state index contributed by atoms with van der Waals surface area (Å²) in [6.45, 7) is -0.100. The third-order valence-electron chi connectivity index (χ3n) is 5.63. The highest BCUT2D eigenvalue weighted by Gasteiger charge is 2.37. The van der Waals surface area contributed by atoms with Crippen molar-refractivity contribution in [2.45, 2.75) is 18.7 Å². The quantitative estimate of drug-likeness (QED) is 0.599. The number of hydrogen-bond acceptors (Lipinski definition) is 6. The number of carbonyl (C=O) groups excluding carboxylic acids is 2. The van der Waals surface area contributed by atoms with Gasteiger partial charge < -0.3 is 24.6 Å². The van der Waals surface area contributed by atoms with Gasteiger partial charge in [-0.25, -0.2) is 4.98 Å². The molecule has 3 aromatic rings. The van der Waals surface area contributed by atoms with Gasteiger partial charge in [0.15, 0.2) is 0 Å². The smallest absolute Gasteiger partial charge is 0.255 e. The minimum absolute atomic E-state index is 0.0979. The molecule has 1 saturated heterocycles. The third kappa shape index (κ3) is 4.77. The molecule has 9 heteroatoms. The number of amides is 2. The third-order valence-corrected chi connectivity index (χ3v) is 5.63. The van der Waals surface area contributed by atoms with Crippen molar-refractivity contribution in [3.05, 3.63) is 83.4 Å². The molecule has 2 atom stereocenters. The molecule has 1 fully saturated rings. The van der Waals surface area contributed by atoms with Gasteiger partial charge in [0.2, 0.25) is 5.91 Å². The fourth-order valence-corrected chi connectivity index (χ4v) is 3.81. The fraction of sp³-hybridized carbons (Fsp3) is 0.250. The zero-order valence-electron chi connectivity index (χ0n) is 18.0. The Hall–Kier alpha value is -4.00. The van der Waals surface area contributed by atoms with Crippen molar-refractivity contribution in [1.82, 2.24) is 14.5 Å². The van der Waals surface area contributed by atoms with Crippen LogP contribution in [0.5, 0.6) is 0 Å². The van der Waals surface area contributed by atoms with Crippen LogP contribution in [-0.2, 0) is 23.1 Å². The highest BCUT2D eigenvalue weighted by molar-refractivity contribution is 6.04. The van der Waals surface area contributed by atoms with E-state index in [0.29, 0.717) is 22.6 Å². The molecule has 4 rings (SSSR count). The summed E-state index contributed by atoms with van der Waals surface area (Å²) in [5.41, 5.74) is 2.14. The van der Waals surface area contributed by atoms with Gasteiger partial charge in [0, 0.05) is 30.7 Å². The van der Waals surface area contributed by atoms with E-state index in [0.717, 1.165) is 5.56 Å². The molecule has 2 heterocycles. The Morgan fingerprint density at radius 1 is 1.30 bits per heavy atom. The van der Waals surface area contributed by atoms with Gasteiger partial charge in [-0.05, 0) is 35.9 Å². The SMILES string of the molecule is Cn1ccnc1CN1C(=O)CO[C@H](c2ccc(NC(=O)c3cccc(C#N)c3)cc2)[C@H]1CO. The second-order valence-electron chi connectivity index (χ2n) is 7.73. The Morgan fingerprint density at radius 3 is 2.76 bits per heavy atom. The molecule has 2 N–H and O–H groups in total. The van der Waals surface area contributed by atoms with E-state index < -0.39 is 12.1 Å². The van der Waals surface area contributed by atoms with E-state index in [1.807, 2.05) is 17.7 Å². The Morgan fingerprint density at radius 2 is 2.09 bits per heavy atom. The van der Waals surface area contributed by atoms with Gasteiger partial charge in [-0.15, -0.1) is 0 Å². The maximum Gasteiger partial charge on any atom is 0.255 e. The number of hydrogen-bond donors (Lipinski definition) is 2. The standard InChI is InChI=1S/C24H23N5O4/c1-28-10-9-26-21(28)13-29-20(14-30)23(33-15-22(29)31)17-5-7-19(8-6-17)27-24(32)18-4-2-3-16(11-18)12-25/h2-11,20,23,30H,13-15H2,1H3,(H,27,32)/t20-,23-/m1/s1. The lowest BCUT2D eigenvalue weighted by Gasteiger charge is -2.40. The Bertz CT molecular complexity index is 1200. The van der Waals surface area contributed by atoms with Crippen LogP contribution in [0.4, 0.5) is 5.69 Å². The molecule has 0 radical (unpaired) electrons. The molecule has 0 saturated carbocycles. The number of anilines is 1. The van der Waals surface area contributed by atoms with E-state index in [2.05, 4.69) is 10.3 Å². The second-order valence-corrected chi connectivity index (χ2v) is 7.73. The number of imidazole rings is 1. The predicted molar refractivity (Wildman–Crippen MR) is 119 cm³/mol. The Labute approximate surface area is 190 Å². The molecule has 1 aromatic heterocycles. The number of nitrogens with one attached hydrogen (secondary N) is 1. The number of nitrogens with zero attached hydrogens (tertiary/aromatic N) is 4. The monoisotopic (exact) mass is 445 g/mol. The second kappa shape index (κ2) is 9.65. The van der Waals surface area contributed by atoms with Gasteiger partial charge in [0.1, 0.15) is 18.5 Å². The number of aromatic nitrogens is 2. The summed E-state index contributed by atoms with van der Waals surface area (Å²) in [7, 11) is 1.85. The predicted octanol–water partition coefficient (Wildman–Crippen LogP) is 2.01. The van der Waals surface area contributed by atoms with Gasteiger partial charge >= 0.3 is 0 Å². The van der Waals surface area contributed by atoms with E-state index in [9.17, 15) is 14.7 Å². The van der Waals surface area contributed by atoms with Crippen LogP contribution in [0, 0.1) is 11.3 Å². The molecule has 0 bridgehead atoms. The molecule has 168 valence electrons. The maximum absolute atomic E-state index is 12.5. The summed E-state index contributed by atoms with van der Waals surface area (Å²) >= 11 is 0. The minimum atomic E-state index is -0.572. The van der Waals surface area contributed by atoms with Crippen molar-refractivity contribution >= 4 is 17.5 Å². The van der Waals surface area contributed by atoms with Crippen molar-refractivity contribution in [2.75, 3.05) is 18.5 Å². The summed E-state index contributed by atoms with van der Waals surface area (Å²) in [6.07, 6.45) is 2.94. The van der Waals surface area contributed by atoms with Crippen molar-refractivity contribution in [2.24, 2.45) is 7.05 Å². The summed E-state index contributed by atoms with van der Waals surface area (Å²) in [5.74, 6) is 0.173. The Balaban J connectivity index is 1.49. The van der Waals surface area contributed by atoms with Crippen molar-refractivity contribution in [3.63, 3.8) is 0 Å². The number of aliphatic hydroxyl groups is 1. The van der Waals surface area contributed by atoms with E-state index in [1.165, 1.54) is 6.07 Å². The molecule has 2 amide bonds. The summed E-state index contributed by atoms with van der Waals surface area (Å²) in [6, 6.07) is 15.0. The van der Waals surface area contributed by atoms with Crippen LogP contribution in [0.15, 0.2) is 60.9 Å². The maximum atomic E-state index is 12.5. The van der Waals surface area contributed by atoms with Crippen LogP contribution in [-0.4, -0.2) is 50.6 Å². The lowest BCUT2D eigenvalue weighted by atomic mass is 9.99. The van der Waals surface area contributed by atoms with Crippen LogP contribution in [0.1, 0.15) is 33.4 Å². The zero-order chi connectivity index (χ0) is 23.4. The molecule has 0 spiro atoms. The number of morpholine rings is 1. The van der Waals surface area contributed by atoms with Gasteiger partial charge in [0.05, 0.1) is 30.8 Å². The van der Waals surface area contributed by atoms with E-state index >= 15 is 0 Å². The van der Waals surface area contributed by atoms with E-state index in [1.54, 1.807) is 59.8 Å². The van der Waals surface area contributed by atoms with Crippen molar-refractivity contribution < 1.29 is 19.4 Å². The molecular formula is C24H23N5O4. The fourth-order valence-electron chi connectivity index (χ4n) is 3.81. The number of ether oxygens (including phenoxy) is 1. The molecule has 9 nitrogen and oxygen atoms in total.